The van der Waals surface area contributed by atoms with Crippen LogP contribution < -0.4 is 0 Å². The van der Waals surface area contributed by atoms with Crippen LogP contribution in [0.3, 0.4) is 0 Å². The fourth-order valence-electron chi connectivity index (χ4n) is 4.83. The second kappa shape index (κ2) is 6.31. The van der Waals surface area contributed by atoms with Crippen molar-refractivity contribution in [3.8, 4) is 11.1 Å². The minimum absolute atomic E-state index is 0.0842. The molecular formula is C24H21ClN2. The summed E-state index contributed by atoms with van der Waals surface area (Å²) in [5.74, 6) is 0.220. The van der Waals surface area contributed by atoms with E-state index in [-0.39, 0.29) is 11.8 Å². The van der Waals surface area contributed by atoms with Gasteiger partial charge in [-0.3, -0.25) is 0 Å². The van der Waals surface area contributed by atoms with Crippen molar-refractivity contribution in [1.29, 1.82) is 5.41 Å². The van der Waals surface area contributed by atoms with E-state index in [0.29, 0.717) is 5.15 Å². The zero-order chi connectivity index (χ0) is 18.5. The van der Waals surface area contributed by atoms with Gasteiger partial charge in [0, 0.05) is 23.7 Å². The lowest BCUT2D eigenvalue weighted by molar-refractivity contribution is 0.744. The molecular weight excluding hydrogens is 352 g/mol. The first kappa shape index (κ1) is 16.7. The highest BCUT2D eigenvalue weighted by atomic mass is 35.5. The van der Waals surface area contributed by atoms with Crippen LogP contribution in [0.1, 0.15) is 46.6 Å². The summed E-state index contributed by atoms with van der Waals surface area (Å²) in [6.07, 6.45) is 4.90. The molecule has 2 unspecified atom stereocenters. The number of rotatable bonds is 1. The summed E-state index contributed by atoms with van der Waals surface area (Å²) in [6.45, 7) is 2.17. The van der Waals surface area contributed by atoms with Gasteiger partial charge in [0.2, 0.25) is 0 Å². The third-order valence-electron chi connectivity index (χ3n) is 6.29. The Balaban J connectivity index is 1.64. The number of nitrogens with zero attached hydrogens (tertiary/aromatic N) is 1. The van der Waals surface area contributed by atoms with Gasteiger partial charge in [-0.1, -0.05) is 61.0 Å². The molecule has 3 aromatic rings. The first-order valence-electron chi connectivity index (χ1n) is 9.56. The van der Waals surface area contributed by atoms with Crippen molar-refractivity contribution in [1.82, 2.24) is 4.98 Å². The van der Waals surface area contributed by atoms with Crippen LogP contribution in [0, 0.1) is 5.41 Å². The van der Waals surface area contributed by atoms with E-state index >= 15 is 0 Å². The molecule has 1 N–H and O–H groups in total. The molecule has 134 valence electrons. The molecule has 0 spiro atoms. The second-order valence-corrected chi connectivity index (χ2v) is 8.05. The fourth-order valence-corrected chi connectivity index (χ4v) is 4.94. The molecule has 2 nitrogen and oxygen atoms in total. The summed E-state index contributed by atoms with van der Waals surface area (Å²) in [6, 6.07) is 17.2. The van der Waals surface area contributed by atoms with Gasteiger partial charge >= 0.3 is 0 Å². The van der Waals surface area contributed by atoms with Gasteiger partial charge in [0.1, 0.15) is 5.15 Å². The number of hydrogen-bond acceptors (Lipinski definition) is 2. The maximum absolute atomic E-state index is 8.77. The predicted octanol–water partition coefficient (Wildman–Crippen LogP) is 5.96. The molecule has 27 heavy (non-hydrogen) atoms. The highest BCUT2D eigenvalue weighted by Gasteiger charge is 2.33. The summed E-state index contributed by atoms with van der Waals surface area (Å²) in [4.78, 5) is 4.26. The molecule has 2 atom stereocenters. The van der Waals surface area contributed by atoms with Crippen molar-refractivity contribution in [2.75, 3.05) is 0 Å². The van der Waals surface area contributed by atoms with E-state index in [1.165, 1.54) is 33.4 Å². The van der Waals surface area contributed by atoms with Crippen LogP contribution in [-0.4, -0.2) is 10.7 Å². The van der Waals surface area contributed by atoms with Gasteiger partial charge in [-0.25, -0.2) is 4.98 Å². The maximum atomic E-state index is 8.77. The van der Waals surface area contributed by atoms with Crippen molar-refractivity contribution in [2.24, 2.45) is 0 Å². The van der Waals surface area contributed by atoms with Crippen LogP contribution in [-0.2, 0) is 19.3 Å². The highest BCUT2D eigenvalue weighted by molar-refractivity contribution is 6.29. The van der Waals surface area contributed by atoms with Gasteiger partial charge in [-0.05, 0) is 64.3 Å². The van der Waals surface area contributed by atoms with Crippen LogP contribution >= 0.6 is 11.6 Å². The van der Waals surface area contributed by atoms with Crippen LogP contribution in [0.5, 0.6) is 0 Å². The van der Waals surface area contributed by atoms with Crippen LogP contribution in [0.4, 0.5) is 0 Å². The van der Waals surface area contributed by atoms with E-state index in [1.54, 1.807) is 0 Å². The van der Waals surface area contributed by atoms with Crippen molar-refractivity contribution in [3.05, 3.63) is 87.7 Å². The number of aromatic nitrogens is 1. The van der Waals surface area contributed by atoms with Gasteiger partial charge in [0.25, 0.3) is 0 Å². The SMILES string of the molecule is CC1C(=N)C(c2ccc(Cl)nc2)Cc2c1ccc1c2CCc2ccccc2-1. The van der Waals surface area contributed by atoms with Gasteiger partial charge in [-0.2, -0.15) is 0 Å². The predicted molar refractivity (Wildman–Crippen MR) is 111 cm³/mol. The zero-order valence-electron chi connectivity index (χ0n) is 15.3. The number of benzene rings is 2. The minimum Gasteiger partial charge on any atom is -0.308 e. The molecule has 0 aliphatic heterocycles. The third-order valence-corrected chi connectivity index (χ3v) is 6.51. The molecule has 1 aromatic heterocycles. The molecule has 1 heterocycles. The van der Waals surface area contributed by atoms with Crippen LogP contribution in [0.15, 0.2) is 54.7 Å². The summed E-state index contributed by atoms with van der Waals surface area (Å²) in [5.41, 5.74) is 10.3. The van der Waals surface area contributed by atoms with Gasteiger partial charge in [0.15, 0.2) is 0 Å². The molecule has 2 aromatic carbocycles. The van der Waals surface area contributed by atoms with Crippen LogP contribution in [0.25, 0.3) is 11.1 Å². The standard InChI is InChI=1S/C24H21ClN2/c1-14-17-9-10-19-18-5-3-2-4-15(18)6-8-20(19)22(17)12-21(24(14)26)16-7-11-23(25)27-13-16/h2-5,7,9-11,13-14,21,26H,6,8,12H2,1H3. The Morgan fingerprint density at radius 1 is 0.963 bits per heavy atom. The Hall–Kier alpha value is -2.45. The van der Waals surface area contributed by atoms with Gasteiger partial charge in [-0.15, -0.1) is 0 Å². The number of hydrogen-bond donors (Lipinski definition) is 1. The average Bonchev–Trinajstić information content (AvgIpc) is 2.70. The fraction of sp³-hybridized carbons (Fsp3) is 0.250. The molecule has 0 saturated carbocycles. The van der Waals surface area contributed by atoms with Gasteiger partial charge < -0.3 is 5.41 Å². The van der Waals surface area contributed by atoms with E-state index in [9.17, 15) is 0 Å². The molecule has 0 amide bonds. The Morgan fingerprint density at radius 3 is 2.63 bits per heavy atom. The van der Waals surface area contributed by atoms with Crippen molar-refractivity contribution < 1.29 is 0 Å². The lowest BCUT2D eigenvalue weighted by Crippen LogP contribution is -2.28. The molecule has 0 radical (unpaired) electrons. The topological polar surface area (TPSA) is 36.7 Å². The van der Waals surface area contributed by atoms with E-state index in [1.807, 2.05) is 18.3 Å². The number of fused-ring (bicyclic) bond motifs is 5. The van der Waals surface area contributed by atoms with Crippen molar-refractivity contribution in [2.45, 2.75) is 38.0 Å². The highest BCUT2D eigenvalue weighted by Crippen LogP contribution is 2.44. The number of halogens is 1. The largest absolute Gasteiger partial charge is 0.308 e. The molecule has 2 aliphatic carbocycles. The lowest BCUT2D eigenvalue weighted by atomic mass is 9.69. The molecule has 3 heteroatoms. The summed E-state index contributed by atoms with van der Waals surface area (Å²) >= 11 is 5.97. The number of aryl methyl sites for hydroxylation is 1. The monoisotopic (exact) mass is 372 g/mol. The second-order valence-electron chi connectivity index (χ2n) is 7.66. The quantitative estimate of drug-likeness (QED) is 0.525. The molecule has 0 saturated heterocycles. The summed E-state index contributed by atoms with van der Waals surface area (Å²) in [5, 5.41) is 9.27. The van der Waals surface area contributed by atoms with Crippen LogP contribution in [0.2, 0.25) is 5.15 Å². The number of pyridine rings is 1. The Labute approximate surface area is 164 Å². The minimum atomic E-state index is 0.0842. The van der Waals surface area contributed by atoms with E-state index in [4.69, 9.17) is 17.0 Å². The van der Waals surface area contributed by atoms with E-state index in [0.717, 1.165) is 30.5 Å². The third kappa shape index (κ3) is 2.62. The Kier molecular flexibility index (Phi) is 3.91. The first-order chi connectivity index (χ1) is 13.1. The molecule has 2 aliphatic rings. The number of nitrogens with one attached hydrogen (secondary N) is 1. The molecule has 0 bridgehead atoms. The first-order valence-corrected chi connectivity index (χ1v) is 9.94. The summed E-state index contributed by atoms with van der Waals surface area (Å²) < 4.78 is 0. The average molecular weight is 373 g/mol. The molecule has 5 rings (SSSR count). The normalized spacial score (nSPS) is 20.6. The maximum Gasteiger partial charge on any atom is 0.129 e. The van der Waals surface area contributed by atoms with E-state index in [2.05, 4.69) is 48.3 Å². The molecule has 0 fully saturated rings. The summed E-state index contributed by atoms with van der Waals surface area (Å²) in [7, 11) is 0. The smallest absolute Gasteiger partial charge is 0.129 e. The Bertz CT molecular complexity index is 1050. The van der Waals surface area contributed by atoms with E-state index < -0.39 is 0 Å². The lowest BCUT2D eigenvalue weighted by Gasteiger charge is -2.34. The van der Waals surface area contributed by atoms with Crippen molar-refractivity contribution >= 4 is 17.3 Å². The van der Waals surface area contributed by atoms with Crippen molar-refractivity contribution in [3.63, 3.8) is 0 Å². The Morgan fingerprint density at radius 2 is 1.81 bits per heavy atom. The van der Waals surface area contributed by atoms with Gasteiger partial charge in [0.05, 0.1) is 0 Å². The zero-order valence-corrected chi connectivity index (χ0v) is 16.1.